The maximum atomic E-state index is 12.6. The van der Waals surface area contributed by atoms with E-state index < -0.39 is 5.69 Å². The lowest BCUT2D eigenvalue weighted by molar-refractivity contribution is 0.367. The van der Waals surface area contributed by atoms with E-state index in [0.717, 1.165) is 5.56 Å². The van der Waals surface area contributed by atoms with Crippen molar-refractivity contribution in [2.24, 2.45) is 12.0 Å². The second-order valence-corrected chi connectivity index (χ2v) is 7.07. The van der Waals surface area contributed by atoms with Crippen molar-refractivity contribution in [3.63, 3.8) is 0 Å². The molecule has 1 aliphatic heterocycles. The minimum atomic E-state index is -0.408. The van der Waals surface area contributed by atoms with Crippen LogP contribution in [0.15, 0.2) is 49.4 Å². The van der Waals surface area contributed by atoms with Crippen LogP contribution in [0.4, 0.5) is 5.82 Å². The van der Waals surface area contributed by atoms with Gasteiger partial charge in [-0.05, 0) is 12.0 Å². The zero-order valence-corrected chi connectivity index (χ0v) is 16.0. The monoisotopic (exact) mass is 399 g/mol. The van der Waals surface area contributed by atoms with E-state index in [1.165, 1.54) is 9.13 Å². The van der Waals surface area contributed by atoms with E-state index in [0.29, 0.717) is 47.5 Å². The Kier molecular flexibility index (Phi) is 4.95. The van der Waals surface area contributed by atoms with Gasteiger partial charge >= 0.3 is 5.69 Å². The predicted octanol–water partition coefficient (Wildman–Crippen LogP) is 1.98. The Balaban J connectivity index is 1.43. The van der Waals surface area contributed by atoms with Crippen molar-refractivity contribution in [1.29, 1.82) is 0 Å². The van der Waals surface area contributed by atoms with Crippen molar-refractivity contribution >= 4 is 22.6 Å². The molecule has 0 spiro atoms. The van der Waals surface area contributed by atoms with Gasteiger partial charge in [0.05, 0.1) is 5.56 Å². The third-order valence-corrected chi connectivity index (χ3v) is 4.86. The van der Waals surface area contributed by atoms with Crippen molar-refractivity contribution < 1.29 is 4.52 Å². The van der Waals surface area contributed by atoms with Gasteiger partial charge in [0, 0.05) is 32.9 Å². The molecule has 0 radical (unpaired) electrons. The first-order valence-corrected chi connectivity index (χ1v) is 9.32. The molecular weight excluding hydrogens is 382 g/mol. The molecule has 144 valence electrons. The van der Waals surface area contributed by atoms with Gasteiger partial charge in [0.2, 0.25) is 5.89 Å². The molecule has 0 unspecified atom stereocenters. The van der Waals surface area contributed by atoms with Crippen molar-refractivity contribution in [3.8, 4) is 0 Å². The Morgan fingerprint density at radius 2 is 2.00 bits per heavy atom. The van der Waals surface area contributed by atoms with Crippen LogP contribution in [0.3, 0.4) is 0 Å². The molecule has 28 heavy (non-hydrogen) atoms. The average molecular weight is 400 g/mol. The molecule has 9 heteroatoms. The van der Waals surface area contributed by atoms with Gasteiger partial charge in [-0.2, -0.15) is 4.98 Å². The molecule has 0 saturated carbocycles. The van der Waals surface area contributed by atoms with Gasteiger partial charge in [-0.15, -0.1) is 0 Å². The predicted molar refractivity (Wildman–Crippen MR) is 104 cm³/mol. The van der Waals surface area contributed by atoms with Crippen molar-refractivity contribution in [2.75, 3.05) is 0 Å². The molecule has 0 fully saturated rings. The number of aryl methyl sites for hydroxylation is 1. The van der Waals surface area contributed by atoms with Gasteiger partial charge in [-0.1, -0.05) is 47.1 Å². The number of benzene rings is 1. The molecule has 0 amide bonds. The average Bonchev–Trinajstić information content (AvgIpc) is 3.30. The largest absolute Gasteiger partial charge is 0.339 e. The molecule has 0 aliphatic carbocycles. The summed E-state index contributed by atoms with van der Waals surface area (Å²) in [5.41, 5.74) is 0.806. The SMILES string of the molecule is Cn1c2c(c(=O)n(CCCc3nc(Cc4ccccc4)no3)c1=O)CC(Cl)=N2. The van der Waals surface area contributed by atoms with Gasteiger partial charge in [0.15, 0.2) is 5.82 Å². The zero-order chi connectivity index (χ0) is 19.7. The second-order valence-electron chi connectivity index (χ2n) is 6.64. The Bertz CT molecular complexity index is 1160. The molecule has 0 bridgehead atoms. The number of aliphatic imine (C=N–C) groups is 1. The summed E-state index contributed by atoms with van der Waals surface area (Å²) >= 11 is 5.93. The Hall–Kier alpha value is -3.00. The molecule has 0 N–H and O–H groups in total. The Morgan fingerprint density at radius 1 is 1.21 bits per heavy atom. The molecule has 0 atom stereocenters. The summed E-state index contributed by atoms with van der Waals surface area (Å²) in [6.45, 7) is 0.257. The second kappa shape index (κ2) is 7.55. The summed E-state index contributed by atoms with van der Waals surface area (Å²) < 4.78 is 7.85. The highest BCUT2D eigenvalue weighted by molar-refractivity contribution is 6.66. The Morgan fingerprint density at radius 3 is 2.79 bits per heavy atom. The van der Waals surface area contributed by atoms with Gasteiger partial charge in [0.25, 0.3) is 5.56 Å². The standard InChI is InChI=1S/C19H18ClN5O3/c1-24-17-13(11-14(20)21-17)18(26)25(19(24)27)9-5-8-16-22-15(23-28-16)10-12-6-3-2-4-7-12/h2-4,6-7H,5,8-11H2,1H3. The number of aromatic nitrogens is 4. The van der Waals surface area contributed by atoms with Crippen LogP contribution < -0.4 is 11.2 Å². The molecule has 2 aromatic heterocycles. The highest BCUT2D eigenvalue weighted by Gasteiger charge is 2.23. The van der Waals surface area contributed by atoms with Crippen LogP contribution in [0.1, 0.15) is 29.3 Å². The van der Waals surface area contributed by atoms with Crippen molar-refractivity contribution in [1.82, 2.24) is 19.3 Å². The maximum absolute atomic E-state index is 12.6. The summed E-state index contributed by atoms with van der Waals surface area (Å²) in [7, 11) is 1.59. The summed E-state index contributed by atoms with van der Waals surface area (Å²) in [6.07, 6.45) is 1.85. The zero-order valence-electron chi connectivity index (χ0n) is 15.3. The lowest BCUT2D eigenvalue weighted by atomic mass is 10.1. The molecule has 1 aliphatic rings. The van der Waals surface area contributed by atoms with Crippen LogP contribution in [0.25, 0.3) is 0 Å². The van der Waals surface area contributed by atoms with Crippen molar-refractivity contribution in [3.05, 3.63) is 74.0 Å². The summed E-state index contributed by atoms with van der Waals surface area (Å²) in [5.74, 6) is 1.45. The van der Waals surface area contributed by atoms with E-state index in [4.69, 9.17) is 16.1 Å². The summed E-state index contributed by atoms with van der Waals surface area (Å²) in [6, 6.07) is 9.88. The van der Waals surface area contributed by atoms with Crippen LogP contribution in [0, 0.1) is 0 Å². The number of halogens is 1. The van der Waals surface area contributed by atoms with Gasteiger partial charge < -0.3 is 4.52 Å². The first kappa shape index (κ1) is 18.4. The van der Waals surface area contributed by atoms with Crippen LogP contribution >= 0.6 is 11.6 Å². The van der Waals surface area contributed by atoms with Gasteiger partial charge in [-0.3, -0.25) is 13.9 Å². The van der Waals surface area contributed by atoms with E-state index in [1.54, 1.807) is 7.05 Å². The molecule has 3 heterocycles. The highest BCUT2D eigenvalue weighted by Crippen LogP contribution is 2.22. The highest BCUT2D eigenvalue weighted by atomic mass is 35.5. The minimum Gasteiger partial charge on any atom is -0.339 e. The van der Waals surface area contributed by atoms with E-state index in [-0.39, 0.29) is 18.5 Å². The normalized spacial score (nSPS) is 12.9. The number of hydrogen-bond acceptors (Lipinski definition) is 6. The molecule has 1 aromatic carbocycles. The first-order valence-electron chi connectivity index (χ1n) is 8.94. The van der Waals surface area contributed by atoms with E-state index in [1.807, 2.05) is 30.3 Å². The molecule has 3 aromatic rings. The van der Waals surface area contributed by atoms with Crippen molar-refractivity contribution in [2.45, 2.75) is 32.2 Å². The molecular formula is C19H18ClN5O3. The smallest absolute Gasteiger partial charge is 0.332 e. The number of rotatable bonds is 6. The van der Waals surface area contributed by atoms with E-state index in [9.17, 15) is 9.59 Å². The van der Waals surface area contributed by atoms with E-state index in [2.05, 4.69) is 15.1 Å². The molecule has 4 rings (SSSR count). The topological polar surface area (TPSA) is 95.3 Å². The third-order valence-electron chi connectivity index (χ3n) is 4.65. The first-order chi connectivity index (χ1) is 13.5. The number of fused-ring (bicyclic) bond motifs is 1. The van der Waals surface area contributed by atoms with Crippen LogP contribution in [0.2, 0.25) is 0 Å². The quantitative estimate of drug-likeness (QED) is 0.631. The minimum absolute atomic E-state index is 0.257. The van der Waals surface area contributed by atoms with Crippen LogP contribution in [-0.4, -0.2) is 24.4 Å². The summed E-state index contributed by atoms with van der Waals surface area (Å²) in [5, 5.41) is 4.31. The third kappa shape index (κ3) is 3.55. The maximum Gasteiger partial charge on any atom is 0.332 e. The van der Waals surface area contributed by atoms with Crippen LogP contribution in [0.5, 0.6) is 0 Å². The fourth-order valence-electron chi connectivity index (χ4n) is 3.24. The van der Waals surface area contributed by atoms with Gasteiger partial charge in [0.1, 0.15) is 11.0 Å². The van der Waals surface area contributed by atoms with Crippen LogP contribution in [-0.2, 0) is 32.9 Å². The molecule has 8 nitrogen and oxygen atoms in total. The van der Waals surface area contributed by atoms with E-state index >= 15 is 0 Å². The fourth-order valence-corrected chi connectivity index (χ4v) is 3.46. The fraction of sp³-hybridized carbons (Fsp3) is 0.316. The molecule has 0 saturated heterocycles. The number of nitrogens with zero attached hydrogens (tertiary/aromatic N) is 5. The Labute approximate surface area is 165 Å². The number of hydrogen-bond donors (Lipinski definition) is 0. The van der Waals surface area contributed by atoms with Gasteiger partial charge in [-0.25, -0.2) is 9.79 Å². The lowest BCUT2D eigenvalue weighted by Crippen LogP contribution is -2.40. The lowest BCUT2D eigenvalue weighted by Gasteiger charge is -2.09. The summed E-state index contributed by atoms with van der Waals surface area (Å²) in [4.78, 5) is 33.5.